The van der Waals surface area contributed by atoms with E-state index in [2.05, 4.69) is 5.16 Å². The van der Waals surface area contributed by atoms with Crippen LogP contribution in [0.2, 0.25) is 0 Å². The van der Waals surface area contributed by atoms with Gasteiger partial charge in [-0.1, -0.05) is 5.16 Å². The van der Waals surface area contributed by atoms with Crippen LogP contribution in [0.1, 0.15) is 11.5 Å². The van der Waals surface area contributed by atoms with Crippen LogP contribution in [0.15, 0.2) is 21.1 Å². The monoisotopic (exact) mass is 178 g/mol. The third-order valence-corrected chi connectivity index (χ3v) is 1.83. The zero-order valence-corrected chi connectivity index (χ0v) is 7.50. The van der Waals surface area contributed by atoms with Crippen LogP contribution in [0.4, 0.5) is 5.82 Å². The third kappa shape index (κ3) is 1.30. The summed E-state index contributed by atoms with van der Waals surface area (Å²) in [5.74, 6) is 2.69. The smallest absolute Gasteiger partial charge is 0.172 e. The summed E-state index contributed by atoms with van der Waals surface area (Å²) >= 11 is 0. The zero-order chi connectivity index (χ0) is 9.42. The predicted octanol–water partition coefficient (Wildman–Crippen LogP) is 2.13. The van der Waals surface area contributed by atoms with Crippen molar-refractivity contribution in [2.24, 2.45) is 0 Å². The van der Waals surface area contributed by atoms with E-state index in [1.807, 2.05) is 19.9 Å². The van der Waals surface area contributed by atoms with Crippen LogP contribution in [-0.2, 0) is 0 Å². The van der Waals surface area contributed by atoms with Crippen LogP contribution < -0.4 is 5.73 Å². The summed E-state index contributed by atoms with van der Waals surface area (Å²) in [5.41, 5.74) is 6.34. The van der Waals surface area contributed by atoms with E-state index in [0.29, 0.717) is 11.6 Å². The molecule has 2 aromatic heterocycles. The molecule has 68 valence electrons. The predicted molar refractivity (Wildman–Crippen MR) is 48.1 cm³/mol. The van der Waals surface area contributed by atoms with E-state index < -0.39 is 0 Å². The van der Waals surface area contributed by atoms with Gasteiger partial charge in [0.1, 0.15) is 11.5 Å². The third-order valence-electron chi connectivity index (χ3n) is 1.83. The Balaban J connectivity index is 2.51. The van der Waals surface area contributed by atoms with E-state index in [9.17, 15) is 0 Å². The lowest BCUT2D eigenvalue weighted by molar-refractivity contribution is 0.434. The van der Waals surface area contributed by atoms with Gasteiger partial charge in [-0.25, -0.2) is 0 Å². The first-order valence-corrected chi connectivity index (χ1v) is 3.96. The summed E-state index contributed by atoms with van der Waals surface area (Å²) in [7, 11) is 0. The number of hydrogen-bond donors (Lipinski definition) is 1. The number of nitrogens with zero attached hydrogens (tertiary/aromatic N) is 1. The van der Waals surface area contributed by atoms with Gasteiger partial charge in [0.25, 0.3) is 0 Å². The van der Waals surface area contributed by atoms with Gasteiger partial charge in [0.15, 0.2) is 11.6 Å². The molecule has 4 heteroatoms. The van der Waals surface area contributed by atoms with E-state index in [-0.39, 0.29) is 0 Å². The highest BCUT2D eigenvalue weighted by Gasteiger charge is 2.11. The molecular formula is C9H10N2O2. The van der Waals surface area contributed by atoms with Crippen molar-refractivity contribution in [1.29, 1.82) is 0 Å². The van der Waals surface area contributed by atoms with Crippen LogP contribution in [-0.4, -0.2) is 5.16 Å². The largest absolute Gasteiger partial charge is 0.466 e. The second-order valence-corrected chi connectivity index (χ2v) is 2.94. The molecule has 2 aromatic rings. The zero-order valence-electron chi connectivity index (χ0n) is 7.50. The number of anilines is 1. The standard InChI is InChI=1S/C9H10N2O2/c1-5-3-7(6(2)12-5)8-4-9(10)11-13-8/h3-4H,1-2H3,(H2,10,11). The molecule has 0 saturated heterocycles. The lowest BCUT2D eigenvalue weighted by atomic mass is 10.2. The van der Waals surface area contributed by atoms with Gasteiger partial charge in [0, 0.05) is 6.07 Å². The van der Waals surface area contributed by atoms with E-state index in [0.717, 1.165) is 17.1 Å². The molecule has 0 aliphatic heterocycles. The highest BCUT2D eigenvalue weighted by molar-refractivity contribution is 5.62. The van der Waals surface area contributed by atoms with Gasteiger partial charge in [-0.05, 0) is 19.9 Å². The normalized spacial score (nSPS) is 10.6. The molecule has 0 atom stereocenters. The van der Waals surface area contributed by atoms with Crippen molar-refractivity contribution >= 4 is 5.82 Å². The number of aryl methyl sites for hydroxylation is 2. The van der Waals surface area contributed by atoms with E-state index >= 15 is 0 Å². The maximum atomic E-state index is 5.44. The number of rotatable bonds is 1. The average molecular weight is 178 g/mol. The van der Waals surface area contributed by atoms with E-state index in [1.54, 1.807) is 6.07 Å². The van der Waals surface area contributed by atoms with E-state index in [1.165, 1.54) is 0 Å². The summed E-state index contributed by atoms with van der Waals surface area (Å²) in [5, 5.41) is 3.60. The number of furan rings is 1. The molecule has 0 aliphatic rings. The minimum absolute atomic E-state index is 0.383. The Morgan fingerprint density at radius 2 is 2.08 bits per heavy atom. The number of aromatic nitrogens is 1. The molecule has 0 aromatic carbocycles. The molecule has 0 spiro atoms. The van der Waals surface area contributed by atoms with Crippen LogP contribution >= 0.6 is 0 Å². The number of nitrogen functional groups attached to an aromatic ring is 1. The van der Waals surface area contributed by atoms with Gasteiger partial charge in [-0.2, -0.15) is 0 Å². The van der Waals surface area contributed by atoms with Crippen LogP contribution in [0.3, 0.4) is 0 Å². The van der Waals surface area contributed by atoms with Crippen molar-refractivity contribution in [2.75, 3.05) is 5.73 Å². The summed E-state index contributed by atoms with van der Waals surface area (Å²) in [6.45, 7) is 3.76. The van der Waals surface area contributed by atoms with Gasteiger partial charge in [0.05, 0.1) is 5.56 Å². The highest BCUT2D eigenvalue weighted by Crippen LogP contribution is 2.27. The lowest BCUT2D eigenvalue weighted by Crippen LogP contribution is -1.79. The van der Waals surface area contributed by atoms with Crippen molar-refractivity contribution < 1.29 is 8.94 Å². The first-order chi connectivity index (χ1) is 6.16. The number of nitrogens with two attached hydrogens (primary N) is 1. The summed E-state index contributed by atoms with van der Waals surface area (Å²) in [6.07, 6.45) is 0. The Morgan fingerprint density at radius 1 is 1.31 bits per heavy atom. The molecule has 0 bridgehead atoms. The Kier molecular flexibility index (Phi) is 1.62. The van der Waals surface area contributed by atoms with Crippen molar-refractivity contribution in [3.8, 4) is 11.3 Å². The molecule has 0 aliphatic carbocycles. The fourth-order valence-electron chi connectivity index (χ4n) is 1.29. The van der Waals surface area contributed by atoms with E-state index in [4.69, 9.17) is 14.7 Å². The first kappa shape index (κ1) is 7.91. The highest BCUT2D eigenvalue weighted by atomic mass is 16.5. The summed E-state index contributed by atoms with van der Waals surface area (Å²) in [4.78, 5) is 0. The van der Waals surface area contributed by atoms with Crippen LogP contribution in [0.5, 0.6) is 0 Å². The van der Waals surface area contributed by atoms with Crippen LogP contribution in [0.25, 0.3) is 11.3 Å². The van der Waals surface area contributed by atoms with Gasteiger partial charge >= 0.3 is 0 Å². The Labute approximate surface area is 75.3 Å². The minimum atomic E-state index is 0.383. The SMILES string of the molecule is Cc1cc(-c2cc(N)no2)c(C)o1. The Morgan fingerprint density at radius 3 is 2.54 bits per heavy atom. The summed E-state index contributed by atoms with van der Waals surface area (Å²) < 4.78 is 10.4. The average Bonchev–Trinajstić information content (AvgIpc) is 2.58. The van der Waals surface area contributed by atoms with Gasteiger partial charge < -0.3 is 14.7 Å². The molecule has 13 heavy (non-hydrogen) atoms. The maximum absolute atomic E-state index is 5.44. The topological polar surface area (TPSA) is 65.2 Å². The van der Waals surface area contributed by atoms with Gasteiger partial charge in [-0.3, -0.25) is 0 Å². The second-order valence-electron chi connectivity index (χ2n) is 2.94. The lowest BCUT2D eigenvalue weighted by Gasteiger charge is -1.88. The molecule has 0 radical (unpaired) electrons. The fourth-order valence-corrected chi connectivity index (χ4v) is 1.29. The first-order valence-electron chi connectivity index (χ1n) is 3.96. The van der Waals surface area contributed by atoms with Crippen molar-refractivity contribution in [2.45, 2.75) is 13.8 Å². The molecule has 0 saturated carbocycles. The molecule has 2 N–H and O–H groups in total. The molecule has 0 unspecified atom stereocenters. The maximum Gasteiger partial charge on any atom is 0.172 e. The molecule has 0 amide bonds. The van der Waals surface area contributed by atoms with Gasteiger partial charge in [-0.15, -0.1) is 0 Å². The second kappa shape index (κ2) is 2.65. The van der Waals surface area contributed by atoms with Crippen LogP contribution in [0, 0.1) is 13.8 Å². The van der Waals surface area contributed by atoms with Crippen molar-refractivity contribution in [3.63, 3.8) is 0 Å². The molecule has 2 rings (SSSR count). The Bertz CT molecular complexity index is 429. The Hall–Kier alpha value is -1.71. The molecule has 2 heterocycles. The molecule has 0 fully saturated rings. The summed E-state index contributed by atoms with van der Waals surface area (Å²) in [6, 6.07) is 3.58. The minimum Gasteiger partial charge on any atom is -0.466 e. The van der Waals surface area contributed by atoms with Crippen molar-refractivity contribution in [1.82, 2.24) is 5.16 Å². The quantitative estimate of drug-likeness (QED) is 0.726. The molecule has 4 nitrogen and oxygen atoms in total. The molecular weight excluding hydrogens is 168 g/mol. The number of hydrogen-bond acceptors (Lipinski definition) is 4. The fraction of sp³-hybridized carbons (Fsp3) is 0.222. The van der Waals surface area contributed by atoms with Crippen molar-refractivity contribution in [3.05, 3.63) is 23.7 Å². The van der Waals surface area contributed by atoms with Gasteiger partial charge in [0.2, 0.25) is 0 Å².